The number of aromatic nitrogens is 4. The third-order valence-electron chi connectivity index (χ3n) is 0.521. The van der Waals surface area contributed by atoms with Gasteiger partial charge in [0.25, 0.3) is 0 Å². The van der Waals surface area contributed by atoms with Gasteiger partial charge in [0.05, 0.1) is 0 Å². The van der Waals surface area contributed by atoms with Crippen LogP contribution in [-0.4, -0.2) is 58.6 Å². The summed E-state index contributed by atoms with van der Waals surface area (Å²) in [7, 11) is -4.02. The van der Waals surface area contributed by atoms with Crippen molar-refractivity contribution in [1.82, 2.24) is 20.6 Å². The molecule has 11 heavy (non-hydrogen) atoms. The molecule has 0 saturated carbocycles. The molecule has 0 saturated heterocycles. The van der Waals surface area contributed by atoms with Crippen LogP contribution in [0.1, 0.15) is 0 Å². The summed E-state index contributed by atoms with van der Waals surface area (Å²) in [5.74, 6) is 0. The molecule has 3 N–H and O–H groups in total. The average molecular weight is 189 g/mol. The van der Waals surface area contributed by atoms with Crippen molar-refractivity contribution in [2.24, 2.45) is 5.14 Å². The van der Waals surface area contributed by atoms with E-state index in [0.717, 1.165) is 0 Å². The van der Waals surface area contributed by atoms with E-state index >= 15 is 0 Å². The van der Waals surface area contributed by atoms with Crippen molar-refractivity contribution >= 4 is 39.9 Å². The molecule has 0 spiro atoms. The molecule has 1 rings (SSSR count). The average Bonchev–Trinajstić information content (AvgIpc) is 2.12. The van der Waals surface area contributed by atoms with Crippen molar-refractivity contribution in [3.63, 3.8) is 0 Å². The van der Waals surface area contributed by atoms with E-state index in [1.807, 2.05) is 5.10 Å². The van der Waals surface area contributed by atoms with Crippen LogP contribution in [0.2, 0.25) is 0 Å². The van der Waals surface area contributed by atoms with E-state index in [2.05, 4.69) is 24.8 Å². The molecule has 1 heterocycles. The molecule has 1 aromatic rings. The molecule has 0 bridgehead atoms. The van der Waals surface area contributed by atoms with Crippen LogP contribution in [0.5, 0.6) is 6.01 Å². The Bertz CT molecular complexity index is 292. The number of aromatic amines is 1. The van der Waals surface area contributed by atoms with E-state index in [-0.39, 0.29) is 35.6 Å². The predicted molar refractivity (Wildman–Crippen MR) is 35.1 cm³/mol. The Labute approximate surface area is 84.0 Å². The first-order chi connectivity index (χ1) is 4.58. The molecule has 10 heteroatoms. The Kier molecular flexibility index (Phi) is 3.89. The van der Waals surface area contributed by atoms with Gasteiger partial charge in [0.1, 0.15) is 0 Å². The molecule has 0 aliphatic rings. The van der Waals surface area contributed by atoms with E-state index < -0.39 is 10.3 Å². The number of hydrogen-bond acceptors (Lipinski definition) is 6. The van der Waals surface area contributed by atoms with Gasteiger partial charge >= 0.3 is 45.9 Å². The van der Waals surface area contributed by atoms with Gasteiger partial charge in [-0.2, -0.15) is 13.6 Å². The molecule has 0 atom stereocenters. The van der Waals surface area contributed by atoms with Crippen LogP contribution in [0.3, 0.4) is 0 Å². The summed E-state index contributed by atoms with van der Waals surface area (Å²) in [6.45, 7) is 0. The van der Waals surface area contributed by atoms with Crippen LogP contribution in [0.4, 0.5) is 0 Å². The quantitative estimate of drug-likeness (QED) is 0.482. The second-order valence-electron chi connectivity index (χ2n) is 1.28. The molecule has 0 fully saturated rings. The van der Waals surface area contributed by atoms with E-state index in [0.29, 0.717) is 0 Å². The van der Waals surface area contributed by atoms with Gasteiger partial charge in [-0.15, -0.1) is 0 Å². The summed E-state index contributed by atoms with van der Waals surface area (Å²) in [5, 5.41) is 15.7. The van der Waals surface area contributed by atoms with Crippen molar-refractivity contribution in [2.45, 2.75) is 0 Å². The zero-order valence-corrected chi connectivity index (χ0v) is 5.37. The number of nitrogens with two attached hydrogens (primary N) is 1. The standard InChI is InChI=1S/CH3N5O3S.Na.H/c2-10(7,8)9-1-3-5-6-4-1;;/h(H2,2,7,8)(H,3,4,5,6);;. The summed E-state index contributed by atoms with van der Waals surface area (Å²) in [5.41, 5.74) is 0. The molecule has 0 aromatic carbocycles. The Hall–Kier alpha value is -0.220. The molecule has 0 amide bonds. The number of nitrogens with one attached hydrogen (secondary N) is 1. The molecule has 0 radical (unpaired) electrons. The zero-order valence-electron chi connectivity index (χ0n) is 4.55. The first-order valence-electron chi connectivity index (χ1n) is 2.04. The van der Waals surface area contributed by atoms with Crippen molar-refractivity contribution < 1.29 is 12.6 Å². The normalized spacial score (nSPS) is 10.3. The van der Waals surface area contributed by atoms with Gasteiger partial charge in [-0.05, 0) is 10.4 Å². The van der Waals surface area contributed by atoms with E-state index in [1.54, 1.807) is 0 Å². The first kappa shape index (κ1) is 10.8. The van der Waals surface area contributed by atoms with E-state index in [9.17, 15) is 8.42 Å². The third-order valence-corrected chi connectivity index (χ3v) is 0.911. The van der Waals surface area contributed by atoms with Crippen molar-refractivity contribution in [1.29, 1.82) is 0 Å². The van der Waals surface area contributed by atoms with Gasteiger partial charge in [-0.3, -0.25) is 0 Å². The molecule has 1 aromatic heterocycles. The maximum absolute atomic E-state index is 10.1. The predicted octanol–water partition coefficient (Wildman–Crippen LogP) is -2.87. The van der Waals surface area contributed by atoms with Crippen LogP contribution in [0, 0.1) is 0 Å². The minimum absolute atomic E-state index is 0. The van der Waals surface area contributed by atoms with Crippen LogP contribution >= 0.6 is 0 Å². The maximum atomic E-state index is 10.1. The van der Waals surface area contributed by atoms with Crippen molar-refractivity contribution in [2.75, 3.05) is 0 Å². The summed E-state index contributed by atoms with van der Waals surface area (Å²) in [6.07, 6.45) is 0. The van der Waals surface area contributed by atoms with Crippen molar-refractivity contribution in [3.05, 3.63) is 0 Å². The van der Waals surface area contributed by atoms with Gasteiger partial charge < -0.3 is 4.18 Å². The molecular formula is CH4N5NaO3S. The fourth-order valence-electron chi connectivity index (χ4n) is 0.296. The van der Waals surface area contributed by atoms with Gasteiger partial charge in [-0.1, -0.05) is 5.10 Å². The van der Waals surface area contributed by atoms with Crippen molar-refractivity contribution in [3.8, 4) is 6.01 Å². The third kappa shape index (κ3) is 4.27. The van der Waals surface area contributed by atoms with Gasteiger partial charge in [0.2, 0.25) is 0 Å². The van der Waals surface area contributed by atoms with Gasteiger partial charge in [0, 0.05) is 0 Å². The Morgan fingerprint density at radius 3 is 2.55 bits per heavy atom. The van der Waals surface area contributed by atoms with Gasteiger partial charge in [-0.25, -0.2) is 5.10 Å². The second kappa shape index (κ2) is 3.97. The topological polar surface area (TPSA) is 124 Å². The minimum atomic E-state index is -4.02. The number of rotatable bonds is 2. The fourth-order valence-corrected chi connectivity index (χ4v) is 0.586. The van der Waals surface area contributed by atoms with E-state index in [4.69, 9.17) is 0 Å². The molecule has 58 valence electrons. The number of tetrazole rings is 1. The summed E-state index contributed by atoms with van der Waals surface area (Å²) < 4.78 is 24.3. The summed E-state index contributed by atoms with van der Waals surface area (Å²) in [6, 6.07) is -0.359. The summed E-state index contributed by atoms with van der Waals surface area (Å²) in [4.78, 5) is 0. The SMILES string of the molecule is NS(=O)(=O)Oc1nnn[nH]1.[NaH]. The van der Waals surface area contributed by atoms with Gasteiger partial charge in [0.15, 0.2) is 0 Å². The van der Waals surface area contributed by atoms with Crippen LogP contribution in [0.25, 0.3) is 0 Å². The number of hydrogen-bond donors (Lipinski definition) is 2. The Balaban J connectivity index is 0.000001000. The molecule has 0 unspecified atom stereocenters. The second-order valence-corrected chi connectivity index (χ2v) is 2.43. The Morgan fingerprint density at radius 2 is 2.18 bits per heavy atom. The molecule has 0 aliphatic carbocycles. The molecule has 8 nitrogen and oxygen atoms in total. The van der Waals surface area contributed by atoms with E-state index in [1.165, 1.54) is 0 Å². The molecule has 0 aliphatic heterocycles. The van der Waals surface area contributed by atoms with Crippen LogP contribution in [-0.2, 0) is 10.3 Å². The Morgan fingerprint density at radius 1 is 1.55 bits per heavy atom. The molecular weight excluding hydrogens is 185 g/mol. The van der Waals surface area contributed by atoms with Crippen LogP contribution in [0.15, 0.2) is 0 Å². The number of nitrogens with zero attached hydrogens (tertiary/aromatic N) is 3. The first-order valence-corrected chi connectivity index (χ1v) is 3.51. The monoisotopic (exact) mass is 189 g/mol. The summed E-state index contributed by atoms with van der Waals surface area (Å²) >= 11 is 0. The zero-order chi connectivity index (χ0) is 7.61. The number of H-pyrrole nitrogens is 1. The fraction of sp³-hybridized carbons (Fsp3) is 0. The van der Waals surface area contributed by atoms with Crippen LogP contribution < -0.4 is 9.32 Å².